The molecule has 0 saturated heterocycles. The van der Waals surface area contributed by atoms with Gasteiger partial charge in [-0.15, -0.1) is 11.3 Å². The highest BCUT2D eigenvalue weighted by molar-refractivity contribution is 7.10. The highest BCUT2D eigenvalue weighted by Gasteiger charge is 2.26. The Balaban J connectivity index is 2.24. The number of H-pyrrole nitrogens is 1. The van der Waals surface area contributed by atoms with Crippen molar-refractivity contribution >= 4 is 22.9 Å². The molecule has 2 aromatic heterocycles. The fourth-order valence-corrected chi connectivity index (χ4v) is 3.66. The summed E-state index contributed by atoms with van der Waals surface area (Å²) in [6.45, 7) is 0. The maximum Gasteiger partial charge on any atom is 0.330 e. The van der Waals surface area contributed by atoms with Gasteiger partial charge in [-0.3, -0.25) is 14.3 Å². The molecule has 2 heterocycles. The van der Waals surface area contributed by atoms with Crippen molar-refractivity contribution in [1.82, 2.24) is 9.55 Å². The van der Waals surface area contributed by atoms with Crippen molar-refractivity contribution in [1.29, 1.82) is 0 Å². The van der Waals surface area contributed by atoms with Gasteiger partial charge in [-0.2, -0.15) is 4.39 Å². The van der Waals surface area contributed by atoms with Crippen molar-refractivity contribution in [2.75, 3.05) is 0 Å². The second-order valence-corrected chi connectivity index (χ2v) is 5.82. The summed E-state index contributed by atoms with van der Waals surface area (Å²) in [4.78, 5) is 27.2. The Labute approximate surface area is 116 Å². The number of hydrogen-bond donors (Lipinski definition) is 1. The summed E-state index contributed by atoms with van der Waals surface area (Å²) in [6.07, 6.45) is 2.45. The van der Waals surface area contributed by atoms with Gasteiger partial charge in [0.15, 0.2) is 5.15 Å². The van der Waals surface area contributed by atoms with Gasteiger partial charge in [0, 0.05) is 4.88 Å². The Morgan fingerprint density at radius 3 is 3.05 bits per heavy atom. The first kappa shape index (κ1) is 12.6. The fraction of sp³-hybridized carbons (Fsp3) is 0.333. The van der Waals surface area contributed by atoms with Crippen LogP contribution in [0, 0.1) is 5.82 Å². The van der Waals surface area contributed by atoms with Gasteiger partial charge in [0.05, 0.1) is 6.04 Å². The Bertz CT molecular complexity index is 749. The van der Waals surface area contributed by atoms with Crippen molar-refractivity contribution in [2.45, 2.75) is 25.3 Å². The van der Waals surface area contributed by atoms with E-state index in [9.17, 15) is 14.0 Å². The van der Waals surface area contributed by atoms with Crippen molar-refractivity contribution in [2.24, 2.45) is 0 Å². The summed E-state index contributed by atoms with van der Waals surface area (Å²) < 4.78 is 14.5. The van der Waals surface area contributed by atoms with Crippen LogP contribution in [-0.2, 0) is 6.42 Å². The summed E-state index contributed by atoms with van der Waals surface area (Å²) in [6, 6.07) is 1.49. The lowest BCUT2D eigenvalue weighted by Crippen LogP contribution is -2.41. The molecule has 0 saturated carbocycles. The molecule has 1 atom stereocenters. The van der Waals surface area contributed by atoms with Gasteiger partial charge in [0.2, 0.25) is 5.82 Å². The minimum Gasteiger partial charge on any atom is -0.295 e. The molecule has 0 bridgehead atoms. The number of aromatic nitrogens is 2. The number of thiophene rings is 1. The molecule has 3 rings (SSSR count). The van der Waals surface area contributed by atoms with E-state index >= 15 is 0 Å². The predicted molar refractivity (Wildman–Crippen MR) is 71.7 cm³/mol. The monoisotopic (exact) mass is 300 g/mol. The van der Waals surface area contributed by atoms with Crippen molar-refractivity contribution in [3.05, 3.63) is 53.7 Å². The number of nitrogens with zero attached hydrogens (tertiary/aromatic N) is 1. The van der Waals surface area contributed by atoms with Crippen LogP contribution in [0.25, 0.3) is 0 Å². The van der Waals surface area contributed by atoms with Crippen LogP contribution < -0.4 is 11.2 Å². The van der Waals surface area contributed by atoms with Crippen LogP contribution in [0.15, 0.2) is 21.0 Å². The standard InChI is InChI=1S/C12H10ClFN2O2S/c13-10-9(14)11(17)16(12(18)15-10)7-2-1-3-8-6(7)4-5-19-8/h4-5,7H,1-3H2,(H,15,18). The third kappa shape index (κ3) is 1.95. The average Bonchev–Trinajstić information content (AvgIpc) is 2.85. The highest BCUT2D eigenvalue weighted by Crippen LogP contribution is 2.34. The van der Waals surface area contributed by atoms with E-state index in [0.717, 1.165) is 27.8 Å². The maximum absolute atomic E-state index is 13.6. The molecule has 0 radical (unpaired) electrons. The fourth-order valence-electron chi connectivity index (χ4n) is 2.51. The molecule has 1 aliphatic carbocycles. The van der Waals surface area contributed by atoms with Crippen LogP contribution in [0.4, 0.5) is 4.39 Å². The lowest BCUT2D eigenvalue weighted by molar-refractivity contribution is 0.444. The molecule has 2 aromatic rings. The zero-order valence-electron chi connectivity index (χ0n) is 9.78. The van der Waals surface area contributed by atoms with Gasteiger partial charge in [0.25, 0.3) is 5.56 Å². The van der Waals surface area contributed by atoms with E-state index in [1.807, 2.05) is 11.4 Å². The van der Waals surface area contributed by atoms with E-state index in [4.69, 9.17) is 11.6 Å². The lowest BCUT2D eigenvalue weighted by atomic mass is 9.94. The minimum atomic E-state index is -1.11. The zero-order chi connectivity index (χ0) is 13.6. The van der Waals surface area contributed by atoms with E-state index < -0.39 is 28.3 Å². The first-order valence-electron chi connectivity index (χ1n) is 5.85. The first-order valence-corrected chi connectivity index (χ1v) is 7.11. The lowest BCUT2D eigenvalue weighted by Gasteiger charge is -2.23. The quantitative estimate of drug-likeness (QED) is 0.822. The molecule has 7 heteroatoms. The zero-order valence-corrected chi connectivity index (χ0v) is 11.4. The normalized spacial score (nSPS) is 18.3. The molecule has 100 valence electrons. The van der Waals surface area contributed by atoms with Gasteiger partial charge >= 0.3 is 5.69 Å². The van der Waals surface area contributed by atoms with Crippen LogP contribution >= 0.6 is 22.9 Å². The number of hydrogen-bond acceptors (Lipinski definition) is 3. The highest BCUT2D eigenvalue weighted by atomic mass is 35.5. The van der Waals surface area contributed by atoms with Crippen LogP contribution in [0.2, 0.25) is 5.15 Å². The number of rotatable bonds is 1. The van der Waals surface area contributed by atoms with E-state index in [1.54, 1.807) is 11.3 Å². The van der Waals surface area contributed by atoms with Crippen molar-refractivity contribution in [3.63, 3.8) is 0 Å². The van der Waals surface area contributed by atoms with Gasteiger partial charge in [0.1, 0.15) is 0 Å². The number of nitrogens with one attached hydrogen (secondary N) is 1. The van der Waals surface area contributed by atoms with Crippen molar-refractivity contribution in [3.8, 4) is 0 Å². The predicted octanol–water partition coefficient (Wildman–Crippen LogP) is 2.32. The molecular weight excluding hydrogens is 291 g/mol. The summed E-state index contributed by atoms with van der Waals surface area (Å²) in [7, 11) is 0. The van der Waals surface area contributed by atoms with Crippen LogP contribution in [0.5, 0.6) is 0 Å². The molecule has 0 spiro atoms. The third-order valence-electron chi connectivity index (χ3n) is 3.37. The molecule has 0 amide bonds. The van der Waals surface area contributed by atoms with Crippen molar-refractivity contribution < 1.29 is 4.39 Å². The molecule has 0 fully saturated rings. The van der Waals surface area contributed by atoms with E-state index in [1.165, 1.54) is 0 Å². The molecule has 0 aromatic carbocycles. The number of aromatic amines is 1. The molecule has 1 unspecified atom stereocenters. The second kappa shape index (κ2) is 4.61. The molecule has 4 nitrogen and oxygen atoms in total. The van der Waals surface area contributed by atoms with E-state index in [2.05, 4.69) is 4.98 Å². The molecule has 0 aliphatic heterocycles. The average molecular weight is 301 g/mol. The molecular formula is C12H10ClFN2O2S. The van der Waals surface area contributed by atoms with E-state index in [0.29, 0.717) is 6.42 Å². The Hall–Kier alpha value is -1.40. The third-order valence-corrected chi connectivity index (χ3v) is 4.62. The molecule has 19 heavy (non-hydrogen) atoms. The largest absolute Gasteiger partial charge is 0.330 e. The van der Waals surface area contributed by atoms with Gasteiger partial charge in [-0.25, -0.2) is 4.79 Å². The first-order chi connectivity index (χ1) is 9.09. The topological polar surface area (TPSA) is 54.9 Å². The maximum atomic E-state index is 13.6. The van der Waals surface area contributed by atoms with E-state index in [-0.39, 0.29) is 0 Å². The van der Waals surface area contributed by atoms with Crippen LogP contribution in [-0.4, -0.2) is 9.55 Å². The number of aryl methyl sites for hydroxylation is 1. The SMILES string of the molecule is O=c1[nH]c(Cl)c(F)c(=O)n1C1CCCc2sccc21. The van der Waals surface area contributed by atoms with Gasteiger partial charge in [-0.05, 0) is 36.3 Å². The summed E-state index contributed by atoms with van der Waals surface area (Å²) in [5.74, 6) is -1.11. The smallest absolute Gasteiger partial charge is 0.295 e. The van der Waals surface area contributed by atoms with Crippen LogP contribution in [0.3, 0.4) is 0 Å². The number of halogens is 2. The number of fused-ring (bicyclic) bond motifs is 1. The second-order valence-electron chi connectivity index (χ2n) is 4.44. The Morgan fingerprint density at radius 1 is 1.47 bits per heavy atom. The minimum absolute atomic E-state index is 0.405. The van der Waals surface area contributed by atoms with Gasteiger partial charge < -0.3 is 0 Å². The molecule has 1 aliphatic rings. The Kier molecular flexibility index (Phi) is 3.06. The summed E-state index contributed by atoms with van der Waals surface area (Å²) >= 11 is 7.06. The Morgan fingerprint density at radius 2 is 2.26 bits per heavy atom. The summed E-state index contributed by atoms with van der Waals surface area (Å²) in [5, 5.41) is 1.39. The molecule has 1 N–H and O–H groups in total. The van der Waals surface area contributed by atoms with Crippen LogP contribution in [0.1, 0.15) is 29.3 Å². The summed E-state index contributed by atoms with van der Waals surface area (Å²) in [5.41, 5.74) is -0.691. The van der Waals surface area contributed by atoms with Gasteiger partial charge in [-0.1, -0.05) is 11.6 Å².